The Labute approximate surface area is 175 Å². The predicted octanol–water partition coefficient (Wildman–Crippen LogP) is 6.60. The molecular formula is C23H31N3OSe. The first-order valence-corrected chi connectivity index (χ1v) is 12.6. The second-order valence-corrected chi connectivity index (χ2v) is 9.80. The van der Waals surface area contributed by atoms with Crippen LogP contribution in [0.2, 0.25) is 5.32 Å². The molecule has 0 bridgehead atoms. The van der Waals surface area contributed by atoms with E-state index in [1.807, 2.05) is 42.5 Å². The second-order valence-electron chi connectivity index (χ2n) is 7.31. The first kappa shape index (κ1) is 21.0. The zero-order valence-corrected chi connectivity index (χ0v) is 18.5. The average molecular weight is 444 g/mol. The molecule has 0 saturated carbocycles. The van der Waals surface area contributed by atoms with Gasteiger partial charge in [0.1, 0.15) is 0 Å². The molecule has 2 aromatic carbocycles. The molecule has 1 atom stereocenters. The summed E-state index contributed by atoms with van der Waals surface area (Å²) in [6.45, 7) is 4.54. The number of aromatic hydroxyl groups is 1. The quantitative estimate of drug-likeness (QED) is 0.255. The number of hydrogen-bond acceptors (Lipinski definition) is 4. The maximum atomic E-state index is 10.5. The van der Waals surface area contributed by atoms with Crippen LogP contribution in [0.3, 0.4) is 0 Å². The summed E-state index contributed by atoms with van der Waals surface area (Å²) in [6, 6.07) is 15.4. The molecule has 0 aromatic heterocycles. The summed E-state index contributed by atoms with van der Waals surface area (Å²) in [5, 5.41) is 20.4. The van der Waals surface area contributed by atoms with Gasteiger partial charge in [-0.2, -0.15) is 0 Å². The van der Waals surface area contributed by atoms with Gasteiger partial charge in [-0.05, 0) is 0 Å². The fraction of sp³-hybridized carbons (Fsp3) is 0.478. The Morgan fingerprint density at radius 1 is 0.964 bits per heavy atom. The number of phenolic OH excluding ortho intramolecular Hbond substituents is 1. The maximum absolute atomic E-state index is 10.5. The first-order chi connectivity index (χ1) is 13.8. The van der Waals surface area contributed by atoms with E-state index in [2.05, 4.69) is 22.1 Å². The Balaban J connectivity index is 1.62. The summed E-state index contributed by atoms with van der Waals surface area (Å²) in [5.41, 5.74) is 2.67. The second kappa shape index (κ2) is 11.4. The Morgan fingerprint density at radius 2 is 1.71 bits per heavy atom. The fourth-order valence-electron chi connectivity index (χ4n) is 3.53. The monoisotopic (exact) mass is 445 g/mol. The Hall–Kier alpha value is -1.68. The van der Waals surface area contributed by atoms with Crippen molar-refractivity contribution in [1.29, 1.82) is 0 Å². The molecule has 1 N–H and O–H groups in total. The minimum absolute atomic E-state index is 0.356. The van der Waals surface area contributed by atoms with Crippen molar-refractivity contribution in [3.63, 3.8) is 0 Å². The summed E-state index contributed by atoms with van der Waals surface area (Å²) in [5.74, 6) is 0.389. The molecule has 1 aliphatic rings. The van der Waals surface area contributed by atoms with Crippen molar-refractivity contribution in [2.45, 2.75) is 55.7 Å². The molecule has 0 radical (unpaired) electrons. The summed E-state index contributed by atoms with van der Waals surface area (Å²) < 4.78 is 0. The van der Waals surface area contributed by atoms with Gasteiger partial charge in [-0.15, -0.1) is 0 Å². The normalized spacial score (nSPS) is 17.5. The SMILES string of the molecule is CCCCCCCCN1CC[Se]C1c1cc(N=Nc2ccccc2)ccc1O. The average Bonchev–Trinajstić information content (AvgIpc) is 3.19. The van der Waals surface area contributed by atoms with E-state index < -0.39 is 0 Å². The van der Waals surface area contributed by atoms with E-state index in [1.54, 1.807) is 6.07 Å². The van der Waals surface area contributed by atoms with Crippen molar-refractivity contribution in [1.82, 2.24) is 4.90 Å². The third-order valence-corrected chi connectivity index (χ3v) is 7.80. The van der Waals surface area contributed by atoms with E-state index in [4.69, 9.17) is 0 Å². The summed E-state index contributed by atoms with van der Waals surface area (Å²) in [4.78, 5) is 2.92. The van der Waals surface area contributed by atoms with Gasteiger partial charge in [-0.3, -0.25) is 0 Å². The third kappa shape index (κ3) is 6.16. The third-order valence-electron chi connectivity index (χ3n) is 5.10. The van der Waals surface area contributed by atoms with Gasteiger partial charge in [0, 0.05) is 0 Å². The van der Waals surface area contributed by atoms with Gasteiger partial charge in [-0.25, -0.2) is 0 Å². The van der Waals surface area contributed by atoms with E-state index in [0.717, 1.165) is 30.0 Å². The molecule has 1 unspecified atom stereocenters. The van der Waals surface area contributed by atoms with Crippen LogP contribution >= 0.6 is 0 Å². The fourth-order valence-corrected chi connectivity index (χ4v) is 6.37. The van der Waals surface area contributed by atoms with Crippen LogP contribution in [-0.4, -0.2) is 38.1 Å². The zero-order valence-electron chi connectivity index (χ0n) is 16.8. The number of benzene rings is 2. The Kier molecular flexibility index (Phi) is 8.53. The number of hydrogen-bond donors (Lipinski definition) is 1. The van der Waals surface area contributed by atoms with Crippen molar-refractivity contribution in [2.75, 3.05) is 13.1 Å². The standard InChI is InChI=1S/C23H31N3OSe/c1-2-3-4-5-6-10-15-26-16-17-28-23(26)21-18-20(13-14-22(21)27)25-24-19-11-8-7-9-12-19/h7-9,11-14,18,23,27H,2-6,10,15-17H2,1H3. The van der Waals surface area contributed by atoms with Gasteiger partial charge in [0.2, 0.25) is 0 Å². The van der Waals surface area contributed by atoms with Crippen LogP contribution in [0.25, 0.3) is 0 Å². The molecule has 1 fully saturated rings. The number of phenols is 1. The van der Waals surface area contributed by atoms with Crippen LogP contribution in [0.15, 0.2) is 58.8 Å². The molecule has 28 heavy (non-hydrogen) atoms. The Morgan fingerprint density at radius 3 is 2.54 bits per heavy atom. The summed E-state index contributed by atoms with van der Waals surface area (Å²) >= 11 is 0.495. The number of rotatable bonds is 10. The van der Waals surface area contributed by atoms with E-state index in [-0.39, 0.29) is 0 Å². The van der Waals surface area contributed by atoms with E-state index in [1.165, 1.54) is 43.8 Å². The molecule has 5 heteroatoms. The molecule has 0 spiro atoms. The van der Waals surface area contributed by atoms with Crippen LogP contribution in [-0.2, 0) is 0 Å². The van der Waals surface area contributed by atoms with Crippen LogP contribution < -0.4 is 0 Å². The van der Waals surface area contributed by atoms with Crippen LogP contribution in [0.5, 0.6) is 5.75 Å². The van der Waals surface area contributed by atoms with E-state index in [0.29, 0.717) is 25.6 Å². The van der Waals surface area contributed by atoms with Crippen molar-refractivity contribution < 1.29 is 5.11 Å². The molecule has 4 nitrogen and oxygen atoms in total. The van der Waals surface area contributed by atoms with Crippen LogP contribution in [0.4, 0.5) is 11.4 Å². The zero-order chi connectivity index (χ0) is 19.6. The van der Waals surface area contributed by atoms with Gasteiger partial charge in [0.05, 0.1) is 0 Å². The van der Waals surface area contributed by atoms with Gasteiger partial charge in [-0.1, -0.05) is 0 Å². The molecule has 3 rings (SSSR count). The topological polar surface area (TPSA) is 48.2 Å². The molecule has 1 saturated heterocycles. The van der Waals surface area contributed by atoms with Gasteiger partial charge in [0.15, 0.2) is 0 Å². The number of azo groups is 1. The molecule has 0 amide bonds. The predicted molar refractivity (Wildman–Crippen MR) is 117 cm³/mol. The molecule has 1 heterocycles. The van der Waals surface area contributed by atoms with Gasteiger partial charge < -0.3 is 0 Å². The summed E-state index contributed by atoms with van der Waals surface area (Å²) in [6.07, 6.45) is 7.93. The van der Waals surface area contributed by atoms with E-state index in [9.17, 15) is 5.11 Å². The van der Waals surface area contributed by atoms with E-state index >= 15 is 0 Å². The number of unbranched alkanes of at least 4 members (excludes halogenated alkanes) is 5. The van der Waals surface area contributed by atoms with Crippen molar-refractivity contribution in [2.24, 2.45) is 10.2 Å². The van der Waals surface area contributed by atoms with Gasteiger partial charge in [0.25, 0.3) is 0 Å². The molecule has 0 aliphatic carbocycles. The van der Waals surface area contributed by atoms with Crippen molar-refractivity contribution >= 4 is 26.3 Å². The first-order valence-electron chi connectivity index (χ1n) is 10.4. The molecule has 150 valence electrons. The van der Waals surface area contributed by atoms with Crippen molar-refractivity contribution in [3.8, 4) is 5.75 Å². The molecular weight excluding hydrogens is 413 g/mol. The molecule has 1 aliphatic heterocycles. The summed E-state index contributed by atoms with van der Waals surface area (Å²) in [7, 11) is 0. The van der Waals surface area contributed by atoms with Gasteiger partial charge >= 0.3 is 175 Å². The number of nitrogens with zero attached hydrogens (tertiary/aromatic N) is 3. The van der Waals surface area contributed by atoms with Crippen molar-refractivity contribution in [3.05, 3.63) is 54.1 Å². The van der Waals surface area contributed by atoms with Crippen LogP contribution in [0.1, 0.15) is 56.0 Å². The minimum atomic E-state index is 0.356. The Bertz CT molecular complexity index is 751. The van der Waals surface area contributed by atoms with Crippen LogP contribution in [0, 0.1) is 0 Å². The molecule has 2 aromatic rings.